The van der Waals surface area contributed by atoms with E-state index in [1.165, 1.54) is 0 Å². The van der Waals surface area contributed by atoms with Crippen LogP contribution in [-0.2, 0) is 0 Å². The quantitative estimate of drug-likeness (QED) is 0.837. The van der Waals surface area contributed by atoms with Crippen LogP contribution in [0.1, 0.15) is 16.8 Å². The van der Waals surface area contributed by atoms with Crippen LogP contribution in [-0.4, -0.2) is 50.5 Å². The summed E-state index contributed by atoms with van der Waals surface area (Å²) in [6, 6.07) is 5.22. The monoisotopic (exact) mass is 282 g/mol. The predicted molar refractivity (Wildman–Crippen MR) is 76.2 cm³/mol. The van der Waals surface area contributed by atoms with E-state index in [1.807, 2.05) is 0 Å². The third kappa shape index (κ3) is 3.69. The van der Waals surface area contributed by atoms with Crippen molar-refractivity contribution in [3.63, 3.8) is 0 Å². The first-order valence-corrected chi connectivity index (χ1v) is 6.80. The van der Waals surface area contributed by atoms with E-state index in [0.717, 1.165) is 19.5 Å². The second kappa shape index (κ2) is 6.37. The number of carbonyl (C=O) groups is 1. The maximum absolute atomic E-state index is 11.7. The lowest BCUT2D eigenvalue weighted by molar-refractivity contribution is 0.0993. The zero-order valence-corrected chi connectivity index (χ0v) is 12.0. The molecule has 1 aliphatic rings. The van der Waals surface area contributed by atoms with Crippen molar-refractivity contribution < 1.29 is 9.53 Å². The molecule has 0 radical (unpaired) electrons. The third-order valence-electron chi connectivity index (χ3n) is 3.23. The molecule has 1 aliphatic heterocycles. The molecule has 2 rings (SSSR count). The van der Waals surface area contributed by atoms with Gasteiger partial charge in [-0.1, -0.05) is 11.6 Å². The van der Waals surface area contributed by atoms with Gasteiger partial charge in [0.15, 0.2) is 5.78 Å². The first kappa shape index (κ1) is 14.3. The van der Waals surface area contributed by atoms with Crippen molar-refractivity contribution in [1.82, 2.24) is 10.2 Å². The molecule has 0 saturated carbocycles. The van der Waals surface area contributed by atoms with Gasteiger partial charge in [0.25, 0.3) is 0 Å². The van der Waals surface area contributed by atoms with Crippen molar-refractivity contribution in [1.29, 1.82) is 0 Å². The van der Waals surface area contributed by atoms with E-state index < -0.39 is 0 Å². The second-order valence-corrected chi connectivity index (χ2v) is 5.30. The Hall–Kier alpha value is -1.10. The van der Waals surface area contributed by atoms with Crippen molar-refractivity contribution in [2.45, 2.75) is 12.5 Å². The van der Waals surface area contributed by atoms with Gasteiger partial charge >= 0.3 is 0 Å². The van der Waals surface area contributed by atoms with E-state index in [9.17, 15) is 4.79 Å². The smallest absolute Gasteiger partial charge is 0.176 e. The number of carbonyl (C=O) groups excluding carboxylic acids is 1. The van der Waals surface area contributed by atoms with E-state index in [2.05, 4.69) is 17.3 Å². The van der Waals surface area contributed by atoms with E-state index in [4.69, 9.17) is 16.3 Å². The molecule has 1 aromatic carbocycles. The SMILES string of the molecule is CNCC(=O)c1ccc(OC2CCN(C)C2)c(Cl)c1. The highest BCUT2D eigenvalue weighted by molar-refractivity contribution is 6.32. The molecule has 0 spiro atoms. The van der Waals surface area contributed by atoms with Crippen LogP contribution in [0.3, 0.4) is 0 Å². The molecule has 1 aromatic rings. The summed E-state index contributed by atoms with van der Waals surface area (Å²) in [7, 11) is 3.82. The number of benzene rings is 1. The minimum Gasteiger partial charge on any atom is -0.487 e. The topological polar surface area (TPSA) is 41.6 Å². The summed E-state index contributed by atoms with van der Waals surface area (Å²) in [6.45, 7) is 2.27. The van der Waals surface area contributed by atoms with Gasteiger partial charge in [-0.2, -0.15) is 0 Å². The van der Waals surface area contributed by atoms with E-state index in [0.29, 0.717) is 22.9 Å². The number of rotatable bonds is 5. The zero-order chi connectivity index (χ0) is 13.8. The molecule has 4 nitrogen and oxygen atoms in total. The lowest BCUT2D eigenvalue weighted by Crippen LogP contribution is -2.21. The number of nitrogens with zero attached hydrogens (tertiary/aromatic N) is 1. The van der Waals surface area contributed by atoms with Gasteiger partial charge in [0.1, 0.15) is 11.9 Å². The number of hydrogen-bond donors (Lipinski definition) is 1. The van der Waals surface area contributed by atoms with E-state index in [1.54, 1.807) is 25.2 Å². The Morgan fingerprint density at radius 3 is 2.95 bits per heavy atom. The number of Topliss-reactive ketones (excluding diaryl/α,β-unsaturated/α-hetero) is 1. The molecule has 0 aromatic heterocycles. The van der Waals surface area contributed by atoms with Crippen molar-refractivity contribution in [3.05, 3.63) is 28.8 Å². The molecule has 1 unspecified atom stereocenters. The number of halogens is 1. The van der Waals surface area contributed by atoms with Crippen LogP contribution < -0.4 is 10.1 Å². The minimum atomic E-state index is 0.0246. The number of likely N-dealkylation sites (tertiary alicyclic amines) is 1. The molecular weight excluding hydrogens is 264 g/mol. The van der Waals surface area contributed by atoms with Crippen molar-refractivity contribution in [2.75, 3.05) is 33.7 Å². The molecule has 1 N–H and O–H groups in total. The molecule has 1 fully saturated rings. The fourth-order valence-electron chi connectivity index (χ4n) is 2.20. The molecule has 104 valence electrons. The lowest BCUT2D eigenvalue weighted by atomic mass is 10.1. The highest BCUT2D eigenvalue weighted by Gasteiger charge is 2.22. The van der Waals surface area contributed by atoms with Crippen molar-refractivity contribution in [3.8, 4) is 5.75 Å². The fourth-order valence-corrected chi connectivity index (χ4v) is 2.43. The standard InChI is InChI=1S/C14H19ClN2O2/c1-16-8-13(18)10-3-4-14(12(15)7-10)19-11-5-6-17(2)9-11/h3-4,7,11,16H,5-6,8-9H2,1-2H3. The van der Waals surface area contributed by atoms with Gasteiger partial charge in [0.05, 0.1) is 11.6 Å². The zero-order valence-electron chi connectivity index (χ0n) is 11.3. The van der Waals surface area contributed by atoms with Crippen molar-refractivity contribution >= 4 is 17.4 Å². The lowest BCUT2D eigenvalue weighted by Gasteiger charge is -2.15. The van der Waals surface area contributed by atoms with Gasteiger partial charge in [-0.3, -0.25) is 4.79 Å². The van der Waals surface area contributed by atoms with Crippen LogP contribution in [0.15, 0.2) is 18.2 Å². The summed E-state index contributed by atoms with van der Waals surface area (Å²) < 4.78 is 5.87. The summed E-state index contributed by atoms with van der Waals surface area (Å²) >= 11 is 6.18. The predicted octanol–water partition coefficient (Wildman–Crippen LogP) is 1.83. The average molecular weight is 283 g/mol. The van der Waals surface area contributed by atoms with Gasteiger partial charge < -0.3 is 15.0 Å². The summed E-state index contributed by atoms with van der Waals surface area (Å²) in [6.07, 6.45) is 1.19. The Balaban J connectivity index is 2.04. The van der Waals surface area contributed by atoms with Gasteiger partial charge in [-0.15, -0.1) is 0 Å². The molecule has 0 aliphatic carbocycles. The Labute approximate surface area is 118 Å². The molecule has 1 saturated heterocycles. The first-order valence-electron chi connectivity index (χ1n) is 6.42. The normalized spacial score (nSPS) is 19.6. The summed E-state index contributed by atoms with van der Waals surface area (Å²) in [5.41, 5.74) is 0.607. The largest absolute Gasteiger partial charge is 0.487 e. The molecule has 1 heterocycles. The summed E-state index contributed by atoms with van der Waals surface area (Å²) in [5, 5.41) is 3.33. The molecule has 0 amide bonds. The Bertz CT molecular complexity index is 465. The van der Waals surface area contributed by atoms with E-state index >= 15 is 0 Å². The maximum Gasteiger partial charge on any atom is 0.176 e. The molecule has 19 heavy (non-hydrogen) atoms. The van der Waals surface area contributed by atoms with Crippen LogP contribution in [0.4, 0.5) is 0 Å². The Morgan fingerprint density at radius 1 is 1.58 bits per heavy atom. The number of ether oxygens (including phenoxy) is 1. The molecule has 5 heteroatoms. The number of hydrogen-bond acceptors (Lipinski definition) is 4. The molecule has 1 atom stereocenters. The van der Waals surface area contributed by atoms with Crippen LogP contribution in [0, 0.1) is 0 Å². The number of ketones is 1. The third-order valence-corrected chi connectivity index (χ3v) is 3.53. The van der Waals surface area contributed by atoms with Crippen LogP contribution in [0.5, 0.6) is 5.75 Å². The van der Waals surface area contributed by atoms with Crippen molar-refractivity contribution in [2.24, 2.45) is 0 Å². The summed E-state index contributed by atoms with van der Waals surface area (Å²) in [5.74, 6) is 0.680. The Kier molecular flexibility index (Phi) is 4.80. The highest BCUT2D eigenvalue weighted by Crippen LogP contribution is 2.28. The number of nitrogens with one attached hydrogen (secondary N) is 1. The molecular formula is C14H19ClN2O2. The van der Waals surface area contributed by atoms with Gasteiger partial charge in [0.2, 0.25) is 0 Å². The van der Waals surface area contributed by atoms with Crippen LogP contribution in [0.2, 0.25) is 5.02 Å². The summed E-state index contributed by atoms with van der Waals surface area (Å²) in [4.78, 5) is 14.0. The molecule has 0 bridgehead atoms. The van der Waals surface area contributed by atoms with E-state index in [-0.39, 0.29) is 11.9 Å². The van der Waals surface area contributed by atoms with Crippen LogP contribution >= 0.6 is 11.6 Å². The van der Waals surface area contributed by atoms with Gasteiger partial charge in [-0.25, -0.2) is 0 Å². The Morgan fingerprint density at radius 2 is 2.37 bits per heavy atom. The maximum atomic E-state index is 11.7. The highest BCUT2D eigenvalue weighted by atomic mass is 35.5. The number of likely N-dealkylation sites (N-methyl/N-ethyl adjacent to an activating group) is 2. The van der Waals surface area contributed by atoms with Crippen LogP contribution in [0.25, 0.3) is 0 Å². The van der Waals surface area contributed by atoms with Gasteiger partial charge in [-0.05, 0) is 38.7 Å². The van der Waals surface area contributed by atoms with Gasteiger partial charge in [0, 0.05) is 18.7 Å². The second-order valence-electron chi connectivity index (χ2n) is 4.89. The minimum absolute atomic E-state index is 0.0246. The first-order chi connectivity index (χ1) is 9.10. The average Bonchev–Trinajstić information content (AvgIpc) is 2.78. The fraction of sp³-hybridized carbons (Fsp3) is 0.500.